The number of likely N-dealkylation sites (N-methyl/N-ethyl adjacent to an activating group) is 1. The van der Waals surface area contributed by atoms with E-state index >= 15 is 0 Å². The van der Waals surface area contributed by atoms with Gasteiger partial charge in [0.05, 0.1) is 19.3 Å². The van der Waals surface area contributed by atoms with E-state index in [4.69, 9.17) is 30.5 Å². The van der Waals surface area contributed by atoms with E-state index in [-0.39, 0.29) is 18.9 Å². The lowest BCUT2D eigenvalue weighted by molar-refractivity contribution is -0.152. The fourth-order valence-electron chi connectivity index (χ4n) is 2.06. The van der Waals surface area contributed by atoms with Crippen LogP contribution in [0.2, 0.25) is 5.02 Å². The number of halogens is 1. The van der Waals surface area contributed by atoms with Gasteiger partial charge in [0, 0.05) is 12.1 Å². The normalized spacial score (nSPS) is 12.8. The molecule has 0 aliphatic carbocycles. The Balaban J connectivity index is 1.83. The number of rotatable bonds is 7. The lowest BCUT2D eigenvalue weighted by atomic mass is 10.3. The molecule has 0 saturated carbocycles. The average Bonchev–Trinajstić information content (AvgIpc) is 2.66. The summed E-state index contributed by atoms with van der Waals surface area (Å²) in [4.78, 5) is 37.0. The van der Waals surface area contributed by atoms with Gasteiger partial charge in [0.15, 0.2) is 6.61 Å². The number of anilines is 1. The Morgan fingerprint density at radius 2 is 2.07 bits per heavy atom. The van der Waals surface area contributed by atoms with Crippen molar-refractivity contribution in [3.05, 3.63) is 35.2 Å². The van der Waals surface area contributed by atoms with Crippen LogP contribution in [0.5, 0.6) is 5.75 Å². The minimum Gasteiger partial charge on any atom is -0.495 e. The van der Waals surface area contributed by atoms with E-state index in [1.807, 2.05) is 0 Å². The van der Waals surface area contributed by atoms with Crippen LogP contribution in [-0.4, -0.2) is 63.2 Å². The molecule has 0 saturated heterocycles. The van der Waals surface area contributed by atoms with Crippen LogP contribution in [0.25, 0.3) is 0 Å². The van der Waals surface area contributed by atoms with Gasteiger partial charge >= 0.3 is 5.97 Å². The highest BCUT2D eigenvalue weighted by molar-refractivity contribution is 6.31. The van der Waals surface area contributed by atoms with Gasteiger partial charge in [-0.1, -0.05) is 11.6 Å². The third kappa shape index (κ3) is 6.07. The first-order valence-corrected chi connectivity index (χ1v) is 8.27. The molecule has 0 aromatic heterocycles. The smallest absolute Gasteiger partial charge is 0.377 e. The number of esters is 1. The maximum Gasteiger partial charge on any atom is 0.377 e. The molecule has 1 aromatic carbocycles. The van der Waals surface area contributed by atoms with Gasteiger partial charge in [-0.3, -0.25) is 9.59 Å². The SMILES string of the molecule is COc1ccc(Cl)cc1NC(=O)CN(C)C(=O)COC(=O)C1=COCCO1. The molecule has 2 rings (SSSR count). The molecule has 1 aliphatic heterocycles. The molecule has 2 amide bonds. The van der Waals surface area contributed by atoms with Crippen LogP contribution in [0, 0.1) is 0 Å². The number of hydrogen-bond donors (Lipinski definition) is 1. The summed E-state index contributed by atoms with van der Waals surface area (Å²) in [6.07, 6.45) is 1.13. The first-order chi connectivity index (χ1) is 12.9. The molecule has 0 spiro atoms. The fraction of sp³-hybridized carbons (Fsp3) is 0.353. The highest BCUT2D eigenvalue weighted by atomic mass is 35.5. The zero-order valence-corrected chi connectivity index (χ0v) is 15.6. The molecule has 1 aliphatic rings. The van der Waals surface area contributed by atoms with Crippen molar-refractivity contribution in [3.8, 4) is 5.75 Å². The fourth-order valence-corrected chi connectivity index (χ4v) is 2.23. The van der Waals surface area contributed by atoms with Gasteiger partial charge in [-0.2, -0.15) is 0 Å². The molecule has 10 heteroatoms. The second-order valence-corrected chi connectivity index (χ2v) is 5.86. The molecule has 0 radical (unpaired) electrons. The Kier molecular flexibility index (Phi) is 7.30. The summed E-state index contributed by atoms with van der Waals surface area (Å²) in [5.41, 5.74) is 0.378. The average molecular weight is 399 g/mol. The van der Waals surface area contributed by atoms with Crippen LogP contribution in [0.3, 0.4) is 0 Å². The van der Waals surface area contributed by atoms with Gasteiger partial charge in [0.1, 0.15) is 25.2 Å². The monoisotopic (exact) mass is 398 g/mol. The van der Waals surface area contributed by atoms with Crippen LogP contribution in [0.15, 0.2) is 30.2 Å². The number of methoxy groups -OCH3 is 1. The first-order valence-electron chi connectivity index (χ1n) is 7.89. The largest absolute Gasteiger partial charge is 0.495 e. The van der Waals surface area contributed by atoms with E-state index in [9.17, 15) is 14.4 Å². The molecule has 1 N–H and O–H groups in total. The predicted octanol–water partition coefficient (Wildman–Crippen LogP) is 1.18. The van der Waals surface area contributed by atoms with Gasteiger partial charge in [0.25, 0.3) is 5.91 Å². The second-order valence-electron chi connectivity index (χ2n) is 5.42. The lowest BCUT2D eigenvalue weighted by Gasteiger charge is -2.18. The van der Waals surface area contributed by atoms with Crippen molar-refractivity contribution < 1.29 is 33.3 Å². The molecule has 0 atom stereocenters. The number of carbonyl (C=O) groups excluding carboxylic acids is 3. The van der Waals surface area contributed by atoms with Crippen LogP contribution in [0.1, 0.15) is 0 Å². The van der Waals surface area contributed by atoms with Crippen LogP contribution in [-0.2, 0) is 28.6 Å². The van der Waals surface area contributed by atoms with E-state index in [2.05, 4.69) is 5.32 Å². The van der Waals surface area contributed by atoms with Crippen molar-refractivity contribution in [2.24, 2.45) is 0 Å². The third-order valence-electron chi connectivity index (χ3n) is 3.42. The van der Waals surface area contributed by atoms with Crippen LogP contribution in [0.4, 0.5) is 5.69 Å². The van der Waals surface area contributed by atoms with Crippen molar-refractivity contribution in [1.29, 1.82) is 0 Å². The van der Waals surface area contributed by atoms with Crippen molar-refractivity contribution >= 4 is 35.1 Å². The van der Waals surface area contributed by atoms with E-state index in [0.29, 0.717) is 23.1 Å². The van der Waals surface area contributed by atoms with Gasteiger partial charge in [-0.15, -0.1) is 0 Å². The Bertz CT molecular complexity index is 751. The van der Waals surface area contributed by atoms with Crippen LogP contribution >= 0.6 is 11.6 Å². The molecule has 0 bridgehead atoms. The number of nitrogens with one attached hydrogen (secondary N) is 1. The number of benzene rings is 1. The molecule has 9 nitrogen and oxygen atoms in total. The minimum atomic E-state index is -0.815. The molecule has 27 heavy (non-hydrogen) atoms. The zero-order chi connectivity index (χ0) is 19.8. The Labute approximate surface area is 160 Å². The van der Waals surface area contributed by atoms with Crippen molar-refractivity contribution in [2.75, 3.05) is 45.8 Å². The molecule has 0 fully saturated rings. The number of amides is 2. The third-order valence-corrected chi connectivity index (χ3v) is 3.65. The highest BCUT2D eigenvalue weighted by Crippen LogP contribution is 2.27. The Morgan fingerprint density at radius 1 is 1.30 bits per heavy atom. The van der Waals surface area contributed by atoms with E-state index in [1.54, 1.807) is 12.1 Å². The summed E-state index contributed by atoms with van der Waals surface area (Å²) >= 11 is 5.90. The maximum absolute atomic E-state index is 12.1. The van der Waals surface area contributed by atoms with Crippen molar-refractivity contribution in [3.63, 3.8) is 0 Å². The number of ether oxygens (including phenoxy) is 4. The van der Waals surface area contributed by atoms with E-state index in [0.717, 1.165) is 11.2 Å². The summed E-state index contributed by atoms with van der Waals surface area (Å²) in [5.74, 6) is -1.52. The topological polar surface area (TPSA) is 103 Å². The molecule has 1 heterocycles. The van der Waals surface area contributed by atoms with Crippen molar-refractivity contribution in [2.45, 2.75) is 0 Å². The summed E-state index contributed by atoms with van der Waals surface area (Å²) in [6.45, 7) is -0.231. The summed E-state index contributed by atoms with van der Waals surface area (Å²) in [5, 5.41) is 3.03. The Morgan fingerprint density at radius 3 is 2.74 bits per heavy atom. The number of carbonyl (C=O) groups is 3. The number of hydrogen-bond acceptors (Lipinski definition) is 7. The van der Waals surface area contributed by atoms with E-state index in [1.165, 1.54) is 20.2 Å². The van der Waals surface area contributed by atoms with Gasteiger partial charge in [-0.25, -0.2) is 4.79 Å². The molecule has 1 aromatic rings. The highest BCUT2D eigenvalue weighted by Gasteiger charge is 2.20. The van der Waals surface area contributed by atoms with Gasteiger partial charge < -0.3 is 29.2 Å². The summed E-state index contributed by atoms with van der Waals surface area (Å²) in [7, 11) is 2.86. The van der Waals surface area contributed by atoms with Gasteiger partial charge in [0.2, 0.25) is 11.7 Å². The van der Waals surface area contributed by atoms with Crippen molar-refractivity contribution in [1.82, 2.24) is 4.90 Å². The molecular weight excluding hydrogens is 380 g/mol. The Hall–Kier alpha value is -2.94. The molecule has 146 valence electrons. The zero-order valence-electron chi connectivity index (χ0n) is 14.8. The predicted molar refractivity (Wildman–Crippen MR) is 95.2 cm³/mol. The lowest BCUT2D eigenvalue weighted by Crippen LogP contribution is -2.37. The standard InChI is InChI=1S/C17H19ClN2O7/c1-20(16(22)10-27-17(23)14-9-25-5-6-26-14)8-15(21)19-12-7-11(18)3-4-13(12)24-2/h3-4,7,9H,5-6,8,10H2,1-2H3,(H,19,21). The summed E-state index contributed by atoms with van der Waals surface area (Å²) < 4.78 is 20.0. The molecule has 0 unspecified atom stereocenters. The molecular formula is C17H19ClN2O7. The number of nitrogens with zero attached hydrogens (tertiary/aromatic N) is 1. The minimum absolute atomic E-state index is 0.109. The van der Waals surface area contributed by atoms with Gasteiger partial charge in [-0.05, 0) is 18.2 Å². The summed E-state index contributed by atoms with van der Waals surface area (Å²) in [6, 6.07) is 4.76. The van der Waals surface area contributed by atoms with E-state index < -0.39 is 24.4 Å². The quantitative estimate of drug-likeness (QED) is 0.688. The van der Waals surface area contributed by atoms with Crippen LogP contribution < -0.4 is 10.1 Å². The maximum atomic E-state index is 12.1. The first kappa shape index (κ1) is 20.4. The second kappa shape index (κ2) is 9.67.